The van der Waals surface area contributed by atoms with E-state index in [2.05, 4.69) is 4.72 Å². The quantitative estimate of drug-likeness (QED) is 0.503. The molecular weight excluding hydrogens is 288 g/mol. The summed E-state index contributed by atoms with van der Waals surface area (Å²) in [6.07, 6.45) is 0.884. The Labute approximate surface area is 116 Å². The molecule has 1 unspecified atom stereocenters. The summed E-state index contributed by atoms with van der Waals surface area (Å²) in [5, 5.41) is 28.6. The molecule has 0 amide bonds. The molecule has 0 aliphatic rings. The van der Waals surface area contributed by atoms with Gasteiger partial charge in [-0.1, -0.05) is 0 Å². The lowest BCUT2D eigenvalue weighted by atomic mass is 10.2. The Hall–Kier alpha value is -1.71. The maximum atomic E-state index is 12.0. The summed E-state index contributed by atoms with van der Waals surface area (Å²) in [7, 11) is -3.91. The Bertz CT molecular complexity index is 587. The number of nitro groups is 1. The third kappa shape index (κ3) is 4.15. The minimum Gasteiger partial charge on any atom is -0.502 e. The number of nitro benzene ring substituents is 1. The number of hydrogen-bond donors (Lipinski definition) is 3. The highest BCUT2D eigenvalue weighted by atomic mass is 32.2. The number of nitrogens with zero attached hydrogens (tertiary/aromatic N) is 1. The standard InChI is InChI=1S/C11H16N2O6S/c1-8(3-2-6-14)12-20(18,19)9-4-5-11(15)10(7-9)13(16)17/h4-5,7-8,12,14-15H,2-3,6H2,1H3. The van der Waals surface area contributed by atoms with Crippen LogP contribution in [0.25, 0.3) is 0 Å². The van der Waals surface area contributed by atoms with Crippen molar-refractivity contribution < 1.29 is 23.6 Å². The van der Waals surface area contributed by atoms with Gasteiger partial charge in [-0.15, -0.1) is 0 Å². The van der Waals surface area contributed by atoms with Crippen molar-refractivity contribution in [1.29, 1.82) is 0 Å². The Morgan fingerprint density at radius 1 is 1.45 bits per heavy atom. The molecule has 0 aliphatic heterocycles. The lowest BCUT2D eigenvalue weighted by Gasteiger charge is -2.13. The molecule has 1 atom stereocenters. The van der Waals surface area contributed by atoms with Crippen LogP contribution in [-0.4, -0.2) is 36.2 Å². The van der Waals surface area contributed by atoms with Crippen LogP contribution in [0, 0.1) is 10.1 Å². The third-order valence-electron chi connectivity index (χ3n) is 2.61. The highest BCUT2D eigenvalue weighted by Gasteiger charge is 2.22. The summed E-state index contributed by atoms with van der Waals surface area (Å²) in [5.74, 6) is -0.595. The van der Waals surface area contributed by atoms with Crippen LogP contribution in [0.15, 0.2) is 23.1 Å². The van der Waals surface area contributed by atoms with Gasteiger partial charge in [0.1, 0.15) is 0 Å². The van der Waals surface area contributed by atoms with Gasteiger partial charge in [-0.2, -0.15) is 0 Å². The van der Waals surface area contributed by atoms with Crippen molar-refractivity contribution in [1.82, 2.24) is 4.72 Å². The van der Waals surface area contributed by atoms with E-state index in [1.165, 1.54) is 0 Å². The molecule has 0 bridgehead atoms. The first-order valence-electron chi connectivity index (χ1n) is 5.88. The second kappa shape index (κ2) is 6.64. The van der Waals surface area contributed by atoms with Crippen LogP contribution in [0.3, 0.4) is 0 Å². The van der Waals surface area contributed by atoms with Gasteiger partial charge in [0.15, 0.2) is 5.75 Å². The summed E-state index contributed by atoms with van der Waals surface area (Å²) in [6, 6.07) is 2.44. The van der Waals surface area contributed by atoms with Gasteiger partial charge in [0.05, 0.1) is 9.82 Å². The average Bonchev–Trinajstić information content (AvgIpc) is 2.35. The summed E-state index contributed by atoms with van der Waals surface area (Å²) in [5.41, 5.74) is -0.670. The van der Waals surface area contributed by atoms with Gasteiger partial charge in [0, 0.05) is 18.7 Å². The summed E-state index contributed by atoms with van der Waals surface area (Å²) in [4.78, 5) is 9.52. The molecule has 3 N–H and O–H groups in total. The van der Waals surface area contributed by atoms with Crippen molar-refractivity contribution in [2.24, 2.45) is 0 Å². The van der Waals surface area contributed by atoms with Gasteiger partial charge in [-0.25, -0.2) is 13.1 Å². The first-order valence-corrected chi connectivity index (χ1v) is 7.37. The zero-order chi connectivity index (χ0) is 15.3. The minimum atomic E-state index is -3.91. The maximum absolute atomic E-state index is 12.0. The number of aliphatic hydroxyl groups excluding tert-OH is 1. The molecule has 8 nitrogen and oxygen atoms in total. The number of phenolic OH excluding ortho intramolecular Hbond substituents is 1. The van der Waals surface area contributed by atoms with Gasteiger partial charge in [-0.05, 0) is 31.9 Å². The van der Waals surface area contributed by atoms with Crippen LogP contribution in [0.4, 0.5) is 5.69 Å². The number of aromatic hydroxyl groups is 1. The number of rotatable bonds is 7. The molecule has 0 spiro atoms. The summed E-state index contributed by atoms with van der Waals surface area (Å²) < 4.78 is 26.4. The second-order valence-electron chi connectivity index (χ2n) is 4.30. The molecule has 0 radical (unpaired) electrons. The largest absolute Gasteiger partial charge is 0.502 e. The normalized spacial score (nSPS) is 13.1. The molecular formula is C11H16N2O6S. The Morgan fingerprint density at radius 2 is 2.10 bits per heavy atom. The molecule has 1 aromatic rings. The van der Waals surface area contributed by atoms with Gasteiger partial charge in [0.25, 0.3) is 0 Å². The Morgan fingerprint density at radius 3 is 2.65 bits per heavy atom. The number of hydrogen-bond acceptors (Lipinski definition) is 6. The highest BCUT2D eigenvalue weighted by Crippen LogP contribution is 2.28. The fourth-order valence-electron chi connectivity index (χ4n) is 1.61. The van der Waals surface area contributed by atoms with Crippen molar-refractivity contribution >= 4 is 15.7 Å². The van der Waals surface area contributed by atoms with Gasteiger partial charge in [-0.3, -0.25) is 10.1 Å². The van der Waals surface area contributed by atoms with Crippen molar-refractivity contribution in [3.05, 3.63) is 28.3 Å². The van der Waals surface area contributed by atoms with E-state index in [0.717, 1.165) is 18.2 Å². The molecule has 1 aromatic carbocycles. The van der Waals surface area contributed by atoms with Crippen LogP contribution in [-0.2, 0) is 10.0 Å². The van der Waals surface area contributed by atoms with E-state index < -0.39 is 32.4 Å². The summed E-state index contributed by atoms with van der Waals surface area (Å²) >= 11 is 0. The first-order chi connectivity index (χ1) is 9.27. The smallest absolute Gasteiger partial charge is 0.312 e. The van der Waals surface area contributed by atoms with Crippen LogP contribution in [0.2, 0.25) is 0 Å². The highest BCUT2D eigenvalue weighted by molar-refractivity contribution is 7.89. The van der Waals surface area contributed by atoms with E-state index in [0.29, 0.717) is 12.8 Å². The van der Waals surface area contributed by atoms with Crippen molar-refractivity contribution in [3.63, 3.8) is 0 Å². The second-order valence-corrected chi connectivity index (χ2v) is 6.01. The molecule has 112 valence electrons. The van der Waals surface area contributed by atoms with E-state index in [1.54, 1.807) is 6.92 Å². The molecule has 0 heterocycles. The Kier molecular flexibility index (Phi) is 5.43. The molecule has 9 heteroatoms. The van der Waals surface area contributed by atoms with Crippen LogP contribution < -0.4 is 4.72 Å². The van der Waals surface area contributed by atoms with Gasteiger partial charge >= 0.3 is 5.69 Å². The molecule has 0 saturated carbocycles. The van der Waals surface area contributed by atoms with Crippen molar-refractivity contribution in [2.45, 2.75) is 30.7 Å². The molecule has 0 aliphatic carbocycles. The molecule has 0 fully saturated rings. The minimum absolute atomic E-state index is 0.0449. The maximum Gasteiger partial charge on any atom is 0.312 e. The zero-order valence-corrected chi connectivity index (χ0v) is 11.6. The lowest BCUT2D eigenvalue weighted by Crippen LogP contribution is -2.32. The molecule has 0 aromatic heterocycles. The van der Waals surface area contributed by atoms with E-state index in [1.807, 2.05) is 0 Å². The lowest BCUT2D eigenvalue weighted by molar-refractivity contribution is -0.386. The first kappa shape index (κ1) is 16.3. The topological polar surface area (TPSA) is 130 Å². The number of sulfonamides is 1. The number of nitrogens with one attached hydrogen (secondary N) is 1. The van der Waals surface area contributed by atoms with Gasteiger partial charge < -0.3 is 10.2 Å². The Balaban J connectivity index is 2.98. The fourth-order valence-corrected chi connectivity index (χ4v) is 2.90. The SMILES string of the molecule is CC(CCCO)NS(=O)(=O)c1ccc(O)c([N+](=O)[O-])c1. The summed E-state index contributed by atoms with van der Waals surface area (Å²) in [6.45, 7) is 1.58. The number of phenols is 1. The molecule has 20 heavy (non-hydrogen) atoms. The predicted octanol–water partition coefficient (Wildman–Crippen LogP) is 0.740. The third-order valence-corrected chi connectivity index (χ3v) is 4.19. The van der Waals surface area contributed by atoms with Crippen molar-refractivity contribution in [3.8, 4) is 5.75 Å². The zero-order valence-electron chi connectivity index (χ0n) is 10.8. The van der Waals surface area contributed by atoms with E-state index in [9.17, 15) is 23.6 Å². The number of aliphatic hydroxyl groups is 1. The predicted molar refractivity (Wildman–Crippen MR) is 70.9 cm³/mol. The van der Waals surface area contributed by atoms with E-state index in [-0.39, 0.29) is 11.5 Å². The molecule has 0 saturated heterocycles. The van der Waals surface area contributed by atoms with Crippen LogP contribution in [0.5, 0.6) is 5.75 Å². The van der Waals surface area contributed by atoms with E-state index >= 15 is 0 Å². The van der Waals surface area contributed by atoms with Crippen LogP contribution in [0.1, 0.15) is 19.8 Å². The number of benzene rings is 1. The fraction of sp³-hybridized carbons (Fsp3) is 0.455. The van der Waals surface area contributed by atoms with Crippen LogP contribution >= 0.6 is 0 Å². The average molecular weight is 304 g/mol. The van der Waals surface area contributed by atoms with Gasteiger partial charge in [0.2, 0.25) is 10.0 Å². The van der Waals surface area contributed by atoms with Crippen molar-refractivity contribution in [2.75, 3.05) is 6.61 Å². The van der Waals surface area contributed by atoms with E-state index in [4.69, 9.17) is 5.11 Å². The monoisotopic (exact) mass is 304 g/mol. The molecule has 1 rings (SSSR count).